The molecule has 0 aromatic heterocycles. The molecule has 8 N–H and O–H groups in total. The van der Waals surface area contributed by atoms with Gasteiger partial charge < -0.3 is 36.2 Å². The van der Waals surface area contributed by atoms with Crippen molar-refractivity contribution < 1.29 is 44.8 Å². The van der Waals surface area contributed by atoms with Crippen LogP contribution in [0.25, 0.3) is 5.76 Å². The molecule has 1 fully saturated rings. The summed E-state index contributed by atoms with van der Waals surface area (Å²) in [4.78, 5) is 46.9. The van der Waals surface area contributed by atoms with Crippen LogP contribution in [0.2, 0.25) is 0 Å². The first kappa shape index (κ1) is 25.8. The van der Waals surface area contributed by atoms with Crippen LogP contribution in [0.4, 0.5) is 0 Å². The molecule has 3 aliphatic carbocycles. The van der Waals surface area contributed by atoms with E-state index in [1.807, 2.05) is 0 Å². The van der Waals surface area contributed by atoms with E-state index >= 15 is 0 Å². The summed E-state index contributed by atoms with van der Waals surface area (Å²) in [5.41, 5.74) is -0.548. The van der Waals surface area contributed by atoms with Gasteiger partial charge in [0.15, 0.2) is 11.4 Å². The summed E-state index contributed by atoms with van der Waals surface area (Å²) < 4.78 is 0. The molecular weight excluding hydrogens is 467 g/mol. The maximum atomic E-state index is 13.7. The fourth-order valence-corrected chi connectivity index (χ4v) is 5.50. The zero-order chi connectivity index (χ0) is 25.9. The molecule has 1 aromatic rings. The van der Waals surface area contributed by atoms with Gasteiger partial charge in [-0.15, -0.1) is 0 Å². The van der Waals surface area contributed by atoms with Crippen LogP contribution in [0.1, 0.15) is 24.5 Å². The molecule has 1 saturated carbocycles. The number of rotatable bonds is 2. The van der Waals surface area contributed by atoms with E-state index in [1.165, 1.54) is 53.6 Å². The Kier molecular flexibility index (Phi) is 6.40. The number of benzene rings is 1. The van der Waals surface area contributed by atoms with Crippen LogP contribution in [-0.4, -0.2) is 78.5 Å². The molecule has 0 bridgehead atoms. The monoisotopic (exact) mass is 494 g/mol. The molecule has 0 aliphatic heterocycles. The van der Waals surface area contributed by atoms with E-state index < -0.39 is 75.0 Å². The summed E-state index contributed by atoms with van der Waals surface area (Å²) in [5.74, 6) is -7.90. The third-order valence-corrected chi connectivity index (χ3v) is 7.02. The number of carbonyl (C=O) groups is 3. The third-order valence-electron chi connectivity index (χ3n) is 7.02. The lowest BCUT2D eigenvalue weighted by atomic mass is 9.54. The first-order valence-corrected chi connectivity index (χ1v) is 10.7. The standard InChI is InChI=1S/C22H24N2O8.H3OP/c1-21(31)8-5-4-6-11(25)12(8)16(26)13-9(21)7-10-15(24(2)3)17(27)14(20(23)30)19(29)22(10,32)18(13)28;1-2/h4-6,9-10,15,25-26,29,31-32H,7H2,1-3H3,(H2,23,30);1H,2H2. The normalized spacial score (nSPS) is 32.5. The molecule has 0 spiro atoms. The van der Waals surface area contributed by atoms with Crippen molar-refractivity contribution in [2.75, 3.05) is 14.1 Å². The maximum Gasteiger partial charge on any atom is 0.255 e. The predicted molar refractivity (Wildman–Crippen MR) is 122 cm³/mol. The van der Waals surface area contributed by atoms with E-state index in [0.29, 0.717) is 0 Å². The first-order chi connectivity index (χ1) is 15.8. The van der Waals surface area contributed by atoms with E-state index in [4.69, 9.17) is 10.6 Å². The number of amides is 1. The molecule has 34 heavy (non-hydrogen) atoms. The second-order valence-electron chi connectivity index (χ2n) is 8.96. The number of nitrogens with two attached hydrogens (primary N) is 1. The van der Waals surface area contributed by atoms with Crippen molar-refractivity contribution in [3.8, 4) is 5.75 Å². The van der Waals surface area contributed by atoms with Crippen molar-refractivity contribution in [2.24, 2.45) is 17.6 Å². The number of ketones is 2. The van der Waals surface area contributed by atoms with Gasteiger partial charge in [-0.1, -0.05) is 12.1 Å². The van der Waals surface area contributed by atoms with Gasteiger partial charge in [0.2, 0.25) is 5.78 Å². The molecule has 0 radical (unpaired) electrons. The number of carbonyl (C=O) groups excluding carboxylic acids is 3. The van der Waals surface area contributed by atoms with E-state index in [9.17, 15) is 39.9 Å². The molecule has 12 heteroatoms. The lowest BCUT2D eigenvalue weighted by molar-refractivity contribution is -0.159. The van der Waals surface area contributed by atoms with Gasteiger partial charge in [-0.3, -0.25) is 19.3 Å². The Balaban J connectivity index is 0.00000158. The van der Waals surface area contributed by atoms with Gasteiger partial charge in [-0.25, -0.2) is 0 Å². The highest BCUT2D eigenvalue weighted by atomic mass is 31.0. The Morgan fingerprint density at radius 3 is 2.26 bits per heavy atom. The molecule has 184 valence electrons. The summed E-state index contributed by atoms with van der Waals surface area (Å²) in [5, 5.41) is 54.9. The number of hydrogen-bond acceptors (Lipinski definition) is 10. The second kappa shape index (κ2) is 8.44. The van der Waals surface area contributed by atoms with Crippen molar-refractivity contribution in [3.05, 3.63) is 46.2 Å². The fourth-order valence-electron chi connectivity index (χ4n) is 5.50. The summed E-state index contributed by atoms with van der Waals surface area (Å²) >= 11 is 0. The number of primary amides is 1. The number of phenolic OH excluding ortho intramolecular Hbond substituents is 1. The van der Waals surface area contributed by atoms with Gasteiger partial charge in [0.05, 0.1) is 17.2 Å². The average Bonchev–Trinajstić information content (AvgIpc) is 2.75. The summed E-state index contributed by atoms with van der Waals surface area (Å²) in [6, 6.07) is 3.02. The Bertz CT molecular complexity index is 1160. The number of aromatic hydroxyl groups is 1. The Morgan fingerprint density at radius 1 is 1.15 bits per heavy atom. The zero-order valence-electron chi connectivity index (χ0n) is 18.7. The zero-order valence-corrected chi connectivity index (χ0v) is 19.8. The second-order valence-corrected chi connectivity index (χ2v) is 8.96. The van der Waals surface area contributed by atoms with E-state index in [-0.39, 0.29) is 17.5 Å². The number of fused-ring (bicyclic) bond motifs is 3. The predicted octanol–water partition coefficient (Wildman–Crippen LogP) is -0.602. The molecule has 6 unspecified atom stereocenters. The minimum absolute atomic E-state index is 0.170. The lowest BCUT2D eigenvalue weighted by Gasteiger charge is -2.53. The van der Waals surface area contributed by atoms with Gasteiger partial charge in [0.1, 0.15) is 22.8 Å². The summed E-state index contributed by atoms with van der Waals surface area (Å²) in [6.07, 6.45) is -0.200. The van der Waals surface area contributed by atoms with Crippen LogP contribution in [0.5, 0.6) is 5.75 Å². The third kappa shape index (κ3) is 3.19. The topological polar surface area (TPSA) is 202 Å². The summed E-state index contributed by atoms with van der Waals surface area (Å²) in [7, 11) is 4.42. The van der Waals surface area contributed by atoms with Crippen LogP contribution in [-0.2, 0) is 20.0 Å². The molecular formula is C22H27N2O9P. The lowest BCUT2D eigenvalue weighted by Crippen LogP contribution is -2.67. The molecule has 3 aliphatic rings. The van der Waals surface area contributed by atoms with Gasteiger partial charge in [-0.2, -0.15) is 0 Å². The van der Waals surface area contributed by atoms with E-state index in [1.54, 1.807) is 0 Å². The maximum absolute atomic E-state index is 13.7. The highest BCUT2D eigenvalue weighted by molar-refractivity contribution is 7.08. The largest absolute Gasteiger partial charge is 0.508 e. The molecule has 4 rings (SSSR count). The van der Waals surface area contributed by atoms with Crippen LogP contribution < -0.4 is 5.73 Å². The molecule has 11 nitrogen and oxygen atoms in total. The van der Waals surface area contributed by atoms with Crippen LogP contribution in [0.15, 0.2) is 35.1 Å². The molecule has 6 atom stereocenters. The number of nitrogens with zero attached hydrogens (tertiary/aromatic N) is 1. The molecule has 1 aromatic carbocycles. The number of phenols is 1. The van der Waals surface area contributed by atoms with Crippen molar-refractivity contribution >= 4 is 32.7 Å². The smallest absolute Gasteiger partial charge is 0.255 e. The van der Waals surface area contributed by atoms with Crippen molar-refractivity contribution in [1.82, 2.24) is 4.90 Å². The van der Waals surface area contributed by atoms with Crippen molar-refractivity contribution in [3.63, 3.8) is 0 Å². The van der Waals surface area contributed by atoms with E-state index in [0.717, 1.165) is 0 Å². The minimum Gasteiger partial charge on any atom is -0.508 e. The van der Waals surface area contributed by atoms with Crippen LogP contribution in [0, 0.1) is 11.8 Å². The number of likely N-dealkylation sites (N-methyl/N-ethyl adjacent to an activating group) is 1. The quantitative estimate of drug-likeness (QED) is 0.205. The summed E-state index contributed by atoms with van der Waals surface area (Å²) in [6.45, 7) is 1.40. The molecule has 0 saturated heterocycles. The Labute approximate surface area is 197 Å². The van der Waals surface area contributed by atoms with Crippen molar-refractivity contribution in [2.45, 2.75) is 30.6 Å². The van der Waals surface area contributed by atoms with Gasteiger partial charge in [-0.05, 0) is 48.5 Å². The highest BCUT2D eigenvalue weighted by Gasteiger charge is 2.66. The van der Waals surface area contributed by atoms with E-state index in [2.05, 4.69) is 0 Å². The molecule has 0 heterocycles. The number of aliphatic hydroxyl groups is 4. The highest BCUT2D eigenvalue weighted by Crippen LogP contribution is 2.57. The number of hydrogen-bond donors (Lipinski definition) is 7. The first-order valence-electron chi connectivity index (χ1n) is 10.2. The van der Waals surface area contributed by atoms with Gasteiger partial charge in [0, 0.05) is 17.4 Å². The van der Waals surface area contributed by atoms with Gasteiger partial charge >= 0.3 is 0 Å². The van der Waals surface area contributed by atoms with Crippen LogP contribution >= 0.6 is 9.47 Å². The average molecular weight is 494 g/mol. The number of aliphatic hydroxyl groups excluding tert-OH is 2. The fraction of sp³-hybridized carbons (Fsp3) is 0.409. The Hall–Kier alpha value is -2.82. The molecule has 1 amide bonds. The Morgan fingerprint density at radius 2 is 1.74 bits per heavy atom. The SMILES string of the molecule is CN(C)C1C(=O)C(C(N)=O)=C(O)C2(O)C(=O)C3=C(O)c4c(O)cccc4C(C)(O)C3CC12.OP. The van der Waals surface area contributed by atoms with Gasteiger partial charge in [0.25, 0.3) is 5.91 Å². The van der Waals surface area contributed by atoms with Crippen LogP contribution in [0.3, 0.4) is 0 Å². The minimum atomic E-state index is -2.75. The number of Topliss-reactive ketones (excluding diaryl/α,β-unsaturated/α-hetero) is 2. The van der Waals surface area contributed by atoms with Crippen molar-refractivity contribution in [1.29, 1.82) is 0 Å².